The molecule has 0 fully saturated rings. The minimum absolute atomic E-state index is 1.16. The molecule has 0 saturated carbocycles. The molecule has 1 heteroatoms. The summed E-state index contributed by atoms with van der Waals surface area (Å²) in [6, 6.07) is 55.7. The zero-order valence-electron chi connectivity index (χ0n) is 26.5. The summed E-state index contributed by atoms with van der Waals surface area (Å²) in [6.45, 7) is 10.6. The van der Waals surface area contributed by atoms with Crippen LogP contribution in [0.2, 0.25) is 0 Å². The zero-order valence-corrected chi connectivity index (χ0v) is 26.5. The second-order valence-electron chi connectivity index (χ2n) is 11.4. The van der Waals surface area contributed by atoms with Gasteiger partial charge >= 0.3 is 0 Å². The maximum atomic E-state index is 2.39. The monoisotopic (exact) mass is 571 g/mol. The van der Waals surface area contributed by atoms with E-state index in [0.29, 0.717) is 0 Å². The first kappa shape index (κ1) is 30.3. The standard InChI is InChI=1S/C28H23N.C8H10.C7H8/c1-20-16-18-23(19-17-20)29(22-10-4-3-5-11-22)28-26-14-8-6-12-24(26)21(2)25-13-7-9-15-27(25)28;1-7-3-5-8(2)6-4-7;1-7-5-3-2-4-6-7/h3-19H,1-2H3;3-6H,1-2H3;2-6H,1H3. The highest BCUT2D eigenvalue weighted by Crippen LogP contribution is 2.44. The predicted octanol–water partition coefficient (Wildman–Crippen LogP) is 12.4. The summed E-state index contributed by atoms with van der Waals surface area (Å²) in [7, 11) is 0. The fourth-order valence-corrected chi connectivity index (χ4v) is 5.41. The van der Waals surface area contributed by atoms with Crippen molar-refractivity contribution in [3.8, 4) is 0 Å². The van der Waals surface area contributed by atoms with Gasteiger partial charge in [0.1, 0.15) is 0 Å². The van der Waals surface area contributed by atoms with Gasteiger partial charge in [0.2, 0.25) is 0 Å². The van der Waals surface area contributed by atoms with Crippen LogP contribution in [0.1, 0.15) is 27.8 Å². The molecule has 0 spiro atoms. The minimum atomic E-state index is 1.16. The van der Waals surface area contributed by atoms with Crippen molar-refractivity contribution in [1.29, 1.82) is 0 Å². The van der Waals surface area contributed by atoms with Gasteiger partial charge in [-0.1, -0.05) is 156 Å². The summed E-state index contributed by atoms with van der Waals surface area (Å²) < 4.78 is 0. The van der Waals surface area contributed by atoms with Gasteiger partial charge in [0.25, 0.3) is 0 Å². The molecule has 1 nitrogen and oxygen atoms in total. The van der Waals surface area contributed by atoms with Crippen LogP contribution in [0.5, 0.6) is 0 Å². The summed E-state index contributed by atoms with van der Waals surface area (Å²) in [6.07, 6.45) is 0. The van der Waals surface area contributed by atoms with Crippen LogP contribution in [0.3, 0.4) is 0 Å². The number of nitrogens with zero attached hydrogens (tertiary/aromatic N) is 1. The molecule has 0 aliphatic carbocycles. The third-order valence-electron chi connectivity index (χ3n) is 7.86. The normalized spacial score (nSPS) is 10.4. The van der Waals surface area contributed by atoms with Gasteiger partial charge in [-0.25, -0.2) is 0 Å². The second kappa shape index (κ2) is 14.4. The molecule has 218 valence electrons. The summed E-state index contributed by atoms with van der Waals surface area (Å²) in [5.74, 6) is 0. The van der Waals surface area contributed by atoms with Crippen molar-refractivity contribution in [1.82, 2.24) is 0 Å². The fraction of sp³-hybridized carbons (Fsp3) is 0.116. The van der Waals surface area contributed by atoms with Crippen molar-refractivity contribution in [2.24, 2.45) is 0 Å². The van der Waals surface area contributed by atoms with E-state index in [1.54, 1.807) is 0 Å². The van der Waals surface area contributed by atoms with Crippen LogP contribution in [-0.2, 0) is 0 Å². The lowest BCUT2D eigenvalue weighted by Gasteiger charge is -2.29. The number of benzene rings is 7. The first-order valence-electron chi connectivity index (χ1n) is 15.3. The predicted molar refractivity (Wildman–Crippen MR) is 193 cm³/mol. The number of hydrogen-bond donors (Lipinski definition) is 0. The third-order valence-corrected chi connectivity index (χ3v) is 7.86. The maximum absolute atomic E-state index is 2.39. The summed E-state index contributed by atoms with van der Waals surface area (Å²) in [5.41, 5.74) is 10.1. The van der Waals surface area contributed by atoms with Crippen LogP contribution in [-0.4, -0.2) is 0 Å². The number of para-hydroxylation sites is 1. The van der Waals surface area contributed by atoms with Crippen LogP contribution in [0.25, 0.3) is 21.5 Å². The molecular weight excluding hydrogens is 530 g/mol. The molecule has 0 bridgehead atoms. The summed E-state index contributed by atoms with van der Waals surface area (Å²) in [5, 5.41) is 5.14. The Kier molecular flexibility index (Phi) is 9.89. The van der Waals surface area contributed by atoms with Gasteiger partial charge in [-0.15, -0.1) is 0 Å². The molecule has 0 atom stereocenters. The van der Waals surface area contributed by atoms with E-state index in [1.165, 1.54) is 60.7 Å². The van der Waals surface area contributed by atoms with Crippen molar-refractivity contribution >= 4 is 38.6 Å². The molecule has 0 saturated heterocycles. The van der Waals surface area contributed by atoms with Gasteiger partial charge in [-0.05, 0) is 75.2 Å². The number of aryl methyl sites for hydroxylation is 5. The van der Waals surface area contributed by atoms with Crippen molar-refractivity contribution in [3.63, 3.8) is 0 Å². The van der Waals surface area contributed by atoms with E-state index >= 15 is 0 Å². The molecule has 0 aliphatic rings. The van der Waals surface area contributed by atoms with Gasteiger partial charge in [0, 0.05) is 22.1 Å². The Labute approximate surface area is 263 Å². The highest BCUT2D eigenvalue weighted by molar-refractivity contribution is 6.16. The first-order chi connectivity index (χ1) is 21.4. The summed E-state index contributed by atoms with van der Waals surface area (Å²) in [4.78, 5) is 2.39. The molecule has 7 rings (SSSR count). The topological polar surface area (TPSA) is 3.24 Å². The van der Waals surface area contributed by atoms with Crippen LogP contribution in [0.4, 0.5) is 17.1 Å². The Hall–Kier alpha value is -5.14. The number of anilines is 3. The Balaban J connectivity index is 0.000000209. The highest BCUT2D eigenvalue weighted by atomic mass is 15.1. The van der Waals surface area contributed by atoms with E-state index in [0.717, 1.165) is 5.69 Å². The van der Waals surface area contributed by atoms with Gasteiger partial charge in [0.15, 0.2) is 0 Å². The van der Waals surface area contributed by atoms with Gasteiger partial charge in [-0.2, -0.15) is 0 Å². The van der Waals surface area contributed by atoms with E-state index in [-0.39, 0.29) is 0 Å². The van der Waals surface area contributed by atoms with Crippen molar-refractivity contribution in [3.05, 3.63) is 186 Å². The summed E-state index contributed by atoms with van der Waals surface area (Å²) >= 11 is 0. The Morgan fingerprint density at radius 3 is 1.02 bits per heavy atom. The SMILES string of the molecule is Cc1ccc(C)cc1.Cc1ccc(N(c2ccccc2)c2c3ccccc3c(C)c3ccccc23)cc1.Cc1ccccc1. The Bertz CT molecular complexity index is 1840. The zero-order chi connectivity index (χ0) is 30.9. The van der Waals surface area contributed by atoms with Crippen molar-refractivity contribution in [2.45, 2.75) is 34.6 Å². The average Bonchev–Trinajstić information content (AvgIpc) is 3.06. The Morgan fingerprint density at radius 1 is 0.295 bits per heavy atom. The van der Waals surface area contributed by atoms with Crippen molar-refractivity contribution < 1.29 is 0 Å². The molecule has 0 heterocycles. The van der Waals surface area contributed by atoms with Gasteiger partial charge < -0.3 is 4.90 Å². The molecule has 0 aromatic heterocycles. The van der Waals surface area contributed by atoms with Crippen LogP contribution in [0, 0.1) is 34.6 Å². The molecule has 7 aromatic rings. The number of rotatable bonds is 3. The molecule has 0 unspecified atom stereocenters. The van der Waals surface area contributed by atoms with E-state index in [4.69, 9.17) is 0 Å². The molecule has 7 aromatic carbocycles. The van der Waals surface area contributed by atoms with Crippen LogP contribution in [0.15, 0.2) is 158 Å². The van der Waals surface area contributed by atoms with Gasteiger partial charge in [0.05, 0.1) is 5.69 Å². The van der Waals surface area contributed by atoms with Crippen molar-refractivity contribution in [2.75, 3.05) is 4.90 Å². The second-order valence-corrected chi connectivity index (χ2v) is 11.4. The lowest BCUT2D eigenvalue weighted by molar-refractivity contribution is 1.30. The first-order valence-corrected chi connectivity index (χ1v) is 15.3. The lowest BCUT2D eigenvalue weighted by atomic mass is 9.94. The minimum Gasteiger partial charge on any atom is -0.309 e. The van der Waals surface area contributed by atoms with E-state index < -0.39 is 0 Å². The molecular formula is C43H41N. The lowest BCUT2D eigenvalue weighted by Crippen LogP contribution is -2.11. The smallest absolute Gasteiger partial charge is 0.0618 e. The molecule has 44 heavy (non-hydrogen) atoms. The number of hydrogen-bond acceptors (Lipinski definition) is 1. The van der Waals surface area contributed by atoms with Crippen LogP contribution < -0.4 is 4.90 Å². The van der Waals surface area contributed by atoms with E-state index in [1.807, 2.05) is 18.2 Å². The van der Waals surface area contributed by atoms with Gasteiger partial charge in [-0.3, -0.25) is 0 Å². The highest BCUT2D eigenvalue weighted by Gasteiger charge is 2.19. The largest absolute Gasteiger partial charge is 0.309 e. The quantitative estimate of drug-likeness (QED) is 0.191. The Morgan fingerprint density at radius 2 is 0.614 bits per heavy atom. The number of fused-ring (bicyclic) bond motifs is 2. The molecule has 0 radical (unpaired) electrons. The fourth-order valence-electron chi connectivity index (χ4n) is 5.41. The third kappa shape index (κ3) is 7.25. The molecule has 0 amide bonds. The van der Waals surface area contributed by atoms with Crippen LogP contribution >= 0.6 is 0 Å². The average molecular weight is 572 g/mol. The molecule has 0 N–H and O–H groups in total. The van der Waals surface area contributed by atoms with E-state index in [2.05, 4.69) is 179 Å². The maximum Gasteiger partial charge on any atom is 0.0618 e. The van der Waals surface area contributed by atoms with E-state index in [9.17, 15) is 0 Å². The molecule has 0 aliphatic heterocycles.